The van der Waals surface area contributed by atoms with E-state index in [4.69, 9.17) is 16.2 Å². The van der Waals surface area contributed by atoms with E-state index < -0.39 is 96.2 Å². The molecular weight excluding hydrogens is 564 g/mol. The Morgan fingerprint density at radius 2 is 1.78 bits per heavy atom. The van der Waals surface area contributed by atoms with Gasteiger partial charge in [-0.05, 0) is 0 Å². The number of ether oxygens (including phenoxy) is 2. The number of rotatable bonds is 10. The van der Waals surface area contributed by atoms with Crippen molar-refractivity contribution < 1.29 is 78.8 Å². The molecule has 0 unspecified atom stereocenters. The van der Waals surface area contributed by atoms with Crippen LogP contribution >= 0.6 is 0 Å². The second kappa shape index (κ2) is 12.8. The molecule has 0 aliphatic carbocycles. The number of carbonyl (C=O) groups excluding carboxylic acids is 4. The number of nitrogens with one attached hydrogen (secondary N) is 2. The Hall–Kier alpha value is -3.26. The summed E-state index contributed by atoms with van der Waals surface area (Å²) in [7, 11) is 0. The summed E-state index contributed by atoms with van der Waals surface area (Å²) in [6, 6.07) is -4.33. The number of H-pyrrole nitrogens is 1. The van der Waals surface area contributed by atoms with Crippen molar-refractivity contribution >= 4 is 23.9 Å². The fourth-order valence-corrected chi connectivity index (χ4v) is 3.20. The molecular formula is C17H21N5O14Zn. The third-order valence-corrected chi connectivity index (χ3v) is 5.08. The summed E-state index contributed by atoms with van der Waals surface area (Å²) in [6.45, 7) is -0.874. The number of nitrogens with zero attached hydrogens (tertiary/aromatic N) is 1. The molecule has 2 heterocycles. The van der Waals surface area contributed by atoms with Crippen molar-refractivity contribution in [2.45, 2.75) is 48.8 Å². The number of aromatic amines is 1. The van der Waals surface area contributed by atoms with Crippen molar-refractivity contribution in [1.29, 1.82) is 0 Å². The van der Waals surface area contributed by atoms with Gasteiger partial charge >= 0.3 is 31.3 Å². The maximum atomic E-state index is 12.4. The second-order valence-corrected chi connectivity index (χ2v) is 7.49. The fraction of sp³-hybridized carbons (Fsp3) is 0.529. The molecule has 0 radical (unpaired) electrons. The Balaban J connectivity index is 0.00000684. The molecule has 10 N–H and O–H groups in total. The molecule has 1 aromatic rings. The Morgan fingerprint density at radius 3 is 2.30 bits per heavy atom. The number of nitrogens with two attached hydrogens (primary N) is 2. The molecule has 8 atom stereocenters. The van der Waals surface area contributed by atoms with E-state index in [0.717, 1.165) is 0 Å². The molecule has 1 fully saturated rings. The van der Waals surface area contributed by atoms with Crippen LogP contribution in [0.3, 0.4) is 0 Å². The van der Waals surface area contributed by atoms with Crippen LogP contribution in [0.25, 0.3) is 0 Å². The molecule has 0 saturated carbocycles. The zero-order valence-electron chi connectivity index (χ0n) is 18.6. The number of carboxylic acids is 2. The number of aromatic nitrogens is 2. The van der Waals surface area contributed by atoms with Crippen LogP contribution < -0.4 is 38.2 Å². The number of hydrogen-bond acceptors (Lipinski definition) is 15. The molecule has 1 aliphatic heterocycles. The molecule has 0 spiro atoms. The Labute approximate surface area is 217 Å². The maximum Gasteiger partial charge on any atom is 2.00 e. The summed E-state index contributed by atoms with van der Waals surface area (Å²) in [5, 5.41) is 64.7. The quantitative estimate of drug-likeness (QED) is 0.118. The largest absolute Gasteiger partial charge is 2.00 e. The van der Waals surface area contributed by atoms with Crippen LogP contribution in [0.2, 0.25) is 0 Å². The van der Waals surface area contributed by atoms with Crippen molar-refractivity contribution in [3.05, 3.63) is 32.6 Å². The van der Waals surface area contributed by atoms with Gasteiger partial charge in [-0.2, -0.15) is 0 Å². The first kappa shape index (κ1) is 31.8. The normalized spacial score (nSPS) is 24.1. The number of amides is 2. The summed E-state index contributed by atoms with van der Waals surface area (Å²) in [5.41, 5.74) is 6.45. The number of hydrogen-bond donors (Lipinski definition) is 8. The number of primary amides is 1. The number of aromatic carboxylic acids is 1. The topological polar surface area (TPSA) is 333 Å². The van der Waals surface area contributed by atoms with Gasteiger partial charge in [-0.1, -0.05) is 0 Å². The van der Waals surface area contributed by atoms with Crippen molar-refractivity contribution in [1.82, 2.24) is 14.9 Å². The van der Waals surface area contributed by atoms with Crippen LogP contribution in [0.4, 0.5) is 4.79 Å². The first-order valence-electron chi connectivity index (χ1n) is 9.80. The number of aliphatic hydroxyl groups excluding tert-OH is 4. The zero-order valence-corrected chi connectivity index (χ0v) is 21.6. The van der Waals surface area contributed by atoms with E-state index in [1.165, 1.54) is 0 Å². The Bertz CT molecular complexity index is 1140. The van der Waals surface area contributed by atoms with E-state index in [1.54, 1.807) is 10.3 Å². The molecule has 1 saturated heterocycles. The second-order valence-electron chi connectivity index (χ2n) is 7.49. The van der Waals surface area contributed by atoms with Crippen molar-refractivity contribution in [3.63, 3.8) is 0 Å². The predicted octanol–water partition coefficient (Wildman–Crippen LogP) is -9.10. The molecule has 0 aromatic carbocycles. The van der Waals surface area contributed by atoms with Crippen molar-refractivity contribution in [3.8, 4) is 0 Å². The number of carboxylic acid groups (broad SMARTS) is 2. The monoisotopic (exact) mass is 583 g/mol. The van der Waals surface area contributed by atoms with Crippen LogP contribution in [0.1, 0.15) is 16.6 Å². The summed E-state index contributed by atoms with van der Waals surface area (Å²) in [6.07, 6.45) is -13.2. The average Bonchev–Trinajstić information content (AvgIpc) is 3.08. The van der Waals surface area contributed by atoms with Gasteiger partial charge in [0.15, 0.2) is 6.23 Å². The minimum absolute atomic E-state index is 0. The summed E-state index contributed by atoms with van der Waals surface area (Å²) < 4.78 is 9.75. The van der Waals surface area contributed by atoms with Crippen LogP contribution in [-0.2, 0) is 38.5 Å². The number of aliphatic carboxylic acids is 1. The first-order valence-corrected chi connectivity index (χ1v) is 9.80. The maximum absolute atomic E-state index is 12.4. The SMILES string of the molecule is NC(=O)OC[C@@H](O)[C@H](O)[C@@H](N)C(=O)N[C@H](C(=O)[O-])[C@H]1O[C@@H](n2cc(C(=O)[O-])c(=O)[nH]c2=O)[C@H](O)[C@@H]1O.[Zn+2]. The summed E-state index contributed by atoms with van der Waals surface area (Å²) >= 11 is 0. The predicted molar refractivity (Wildman–Crippen MR) is 104 cm³/mol. The average molecular weight is 585 g/mol. The summed E-state index contributed by atoms with van der Waals surface area (Å²) in [5.74, 6) is -5.54. The van der Waals surface area contributed by atoms with Crippen molar-refractivity contribution in [2.75, 3.05) is 6.61 Å². The molecule has 19 nitrogen and oxygen atoms in total. The van der Waals surface area contributed by atoms with Gasteiger partial charge in [0.25, 0.3) is 5.56 Å². The molecule has 1 aromatic heterocycles. The third-order valence-electron chi connectivity index (χ3n) is 5.08. The van der Waals surface area contributed by atoms with Crippen molar-refractivity contribution in [2.24, 2.45) is 11.5 Å². The molecule has 2 amide bonds. The minimum atomic E-state index is -2.29. The minimum Gasteiger partial charge on any atom is -0.548 e. The van der Waals surface area contributed by atoms with E-state index in [0.29, 0.717) is 10.8 Å². The van der Waals surface area contributed by atoms with Crippen LogP contribution in [0.5, 0.6) is 0 Å². The van der Waals surface area contributed by atoms with Crippen LogP contribution in [0.15, 0.2) is 15.8 Å². The van der Waals surface area contributed by atoms with E-state index in [9.17, 15) is 59.4 Å². The van der Waals surface area contributed by atoms with E-state index in [2.05, 4.69) is 4.74 Å². The van der Waals surface area contributed by atoms with E-state index in [-0.39, 0.29) is 19.5 Å². The van der Waals surface area contributed by atoms with Gasteiger partial charge in [0.1, 0.15) is 43.2 Å². The third kappa shape index (κ3) is 7.16. The Morgan fingerprint density at radius 1 is 1.19 bits per heavy atom. The zero-order chi connectivity index (χ0) is 27.5. The van der Waals surface area contributed by atoms with Gasteiger partial charge in [-0.15, -0.1) is 0 Å². The standard InChI is InChI=1S/C17H23N5O14.Zn/c18-5(7(24)4(23)2-35-16(19)33)12(28)20-6(15(31)32)10-8(25)9(26)13(36-10)22-1-3(14(29)30)11(27)21-17(22)34;/h1,4-10,13,23-26H,2,18H2,(H2,19,33)(H,20,28)(H,29,30)(H,31,32)(H,21,27,34);/q;+2/p-2/t4-,5-,6+,7+,8+,9-,10-,13-;/m1./s1. The molecule has 37 heavy (non-hydrogen) atoms. The molecule has 20 heteroatoms. The van der Waals surface area contributed by atoms with Gasteiger partial charge in [-0.3, -0.25) is 19.1 Å². The Kier molecular flexibility index (Phi) is 11.0. The van der Waals surface area contributed by atoms with Crippen LogP contribution in [0, 0.1) is 0 Å². The number of aliphatic hydroxyl groups is 4. The van der Waals surface area contributed by atoms with E-state index in [1.807, 2.05) is 0 Å². The van der Waals surface area contributed by atoms with Gasteiger partial charge in [0.2, 0.25) is 5.91 Å². The van der Waals surface area contributed by atoms with Crippen LogP contribution in [-0.4, -0.2) is 103 Å². The molecule has 2 rings (SSSR count). The van der Waals surface area contributed by atoms with E-state index >= 15 is 0 Å². The first-order chi connectivity index (χ1) is 16.7. The van der Waals surface area contributed by atoms with Gasteiger partial charge in [0, 0.05) is 6.20 Å². The number of carbonyl (C=O) groups is 4. The smallest absolute Gasteiger partial charge is 0.548 e. The van der Waals surface area contributed by atoms with Gasteiger partial charge < -0.3 is 66.5 Å². The molecule has 200 valence electrons. The van der Waals surface area contributed by atoms with Gasteiger partial charge in [0.05, 0.1) is 23.5 Å². The fourth-order valence-electron chi connectivity index (χ4n) is 3.20. The molecule has 0 bridgehead atoms. The molecule has 1 aliphatic rings. The van der Waals surface area contributed by atoms with Gasteiger partial charge in [-0.25, -0.2) is 9.59 Å². The summed E-state index contributed by atoms with van der Waals surface area (Å²) in [4.78, 5) is 70.9.